The molecule has 3 rings (SSSR count). The van der Waals surface area contributed by atoms with Crippen LogP contribution >= 0.6 is 0 Å². The van der Waals surface area contributed by atoms with Gasteiger partial charge in [-0.2, -0.15) is 0 Å². The SMILES string of the molecule is C=c1cccc2c(=C)c(ccc1)C1(CC1)C(=C/C)/C2=C\C. The van der Waals surface area contributed by atoms with Crippen LogP contribution in [0, 0.1) is 0 Å². The van der Waals surface area contributed by atoms with E-state index in [2.05, 4.69) is 69.5 Å². The number of fused-ring (bicyclic) bond motifs is 3. The molecule has 0 radical (unpaired) electrons. The largest absolute Gasteiger partial charge is 0.0918 e. The van der Waals surface area contributed by atoms with Gasteiger partial charge in [-0.1, -0.05) is 61.7 Å². The molecule has 21 heavy (non-hydrogen) atoms. The molecule has 0 N–H and O–H groups in total. The number of hydrogen-bond donors (Lipinski definition) is 0. The molecular formula is C21H22. The monoisotopic (exact) mass is 274 g/mol. The van der Waals surface area contributed by atoms with Crippen LogP contribution in [0.1, 0.15) is 37.8 Å². The fourth-order valence-electron chi connectivity index (χ4n) is 3.59. The summed E-state index contributed by atoms with van der Waals surface area (Å²) in [6, 6.07) is 12.7. The molecule has 1 spiro atoms. The molecule has 0 nitrogen and oxygen atoms in total. The van der Waals surface area contributed by atoms with Crippen LogP contribution in [-0.4, -0.2) is 0 Å². The Labute approximate surface area is 127 Å². The van der Waals surface area contributed by atoms with Crippen molar-refractivity contribution < 1.29 is 0 Å². The number of rotatable bonds is 0. The Bertz CT molecular complexity index is 800. The molecule has 2 aliphatic carbocycles. The normalized spacial score (nSPS) is 21.4. The first-order chi connectivity index (χ1) is 10.1. The van der Waals surface area contributed by atoms with Crippen molar-refractivity contribution in [3.05, 3.63) is 75.7 Å². The maximum Gasteiger partial charge on any atom is 0.0212 e. The van der Waals surface area contributed by atoms with Gasteiger partial charge in [0.05, 0.1) is 0 Å². The highest BCUT2D eigenvalue weighted by atomic mass is 14.5. The molecule has 0 aliphatic heterocycles. The fraction of sp³-hybridized carbons (Fsp3) is 0.238. The molecular weight excluding hydrogens is 252 g/mol. The van der Waals surface area contributed by atoms with Gasteiger partial charge in [0.2, 0.25) is 0 Å². The van der Waals surface area contributed by atoms with Gasteiger partial charge in [-0.3, -0.25) is 0 Å². The summed E-state index contributed by atoms with van der Waals surface area (Å²) in [5.74, 6) is 0. The molecule has 1 saturated carbocycles. The van der Waals surface area contributed by atoms with Crippen molar-refractivity contribution in [2.45, 2.75) is 32.1 Å². The van der Waals surface area contributed by atoms with Crippen molar-refractivity contribution in [3.8, 4) is 0 Å². The smallest absolute Gasteiger partial charge is 0.0212 e. The van der Waals surface area contributed by atoms with E-state index in [-0.39, 0.29) is 5.41 Å². The van der Waals surface area contributed by atoms with E-state index in [1.807, 2.05) is 6.07 Å². The number of hydrogen-bond acceptors (Lipinski definition) is 0. The molecule has 1 aromatic rings. The Kier molecular flexibility index (Phi) is 3.33. The van der Waals surface area contributed by atoms with E-state index in [1.165, 1.54) is 40.3 Å². The second-order valence-electron chi connectivity index (χ2n) is 5.92. The maximum atomic E-state index is 4.40. The zero-order chi connectivity index (χ0) is 15.0. The molecule has 106 valence electrons. The summed E-state index contributed by atoms with van der Waals surface area (Å²) in [4.78, 5) is 0. The molecule has 1 aromatic carbocycles. The Morgan fingerprint density at radius 3 is 2.19 bits per heavy atom. The first kappa shape index (κ1) is 13.9. The molecule has 0 unspecified atom stereocenters. The van der Waals surface area contributed by atoms with E-state index in [9.17, 15) is 0 Å². The van der Waals surface area contributed by atoms with E-state index in [0.29, 0.717) is 0 Å². The van der Waals surface area contributed by atoms with E-state index in [1.54, 1.807) is 0 Å². The third kappa shape index (κ3) is 2.06. The predicted molar refractivity (Wildman–Crippen MR) is 92.7 cm³/mol. The Balaban J connectivity index is 2.48. The fourth-order valence-corrected chi connectivity index (χ4v) is 3.59. The maximum absolute atomic E-state index is 4.40. The van der Waals surface area contributed by atoms with Gasteiger partial charge in [0.25, 0.3) is 0 Å². The van der Waals surface area contributed by atoms with E-state index < -0.39 is 0 Å². The van der Waals surface area contributed by atoms with Crippen LogP contribution in [0.3, 0.4) is 0 Å². The third-order valence-electron chi connectivity index (χ3n) is 4.74. The lowest BCUT2D eigenvalue weighted by Gasteiger charge is -2.28. The van der Waals surface area contributed by atoms with Gasteiger partial charge < -0.3 is 0 Å². The lowest BCUT2D eigenvalue weighted by Crippen LogP contribution is -2.28. The van der Waals surface area contributed by atoms with Gasteiger partial charge >= 0.3 is 0 Å². The first-order valence-electron chi connectivity index (χ1n) is 7.63. The molecule has 0 atom stereocenters. The van der Waals surface area contributed by atoms with Crippen molar-refractivity contribution in [1.82, 2.24) is 0 Å². The van der Waals surface area contributed by atoms with E-state index >= 15 is 0 Å². The average Bonchev–Trinajstić information content (AvgIpc) is 3.25. The topological polar surface area (TPSA) is 0 Å². The average molecular weight is 274 g/mol. The summed E-state index contributed by atoms with van der Waals surface area (Å²) in [5.41, 5.74) is 5.65. The molecule has 0 amide bonds. The highest BCUT2D eigenvalue weighted by Crippen LogP contribution is 2.57. The minimum absolute atomic E-state index is 0.208. The Morgan fingerprint density at radius 2 is 1.62 bits per heavy atom. The zero-order valence-electron chi connectivity index (χ0n) is 12.9. The standard InChI is InChI=1S/C21H22/c1-5-17-18-11-7-9-15(3)10-8-12-20(16(18)4)21(13-14-21)19(17)6-2/h5-12H,3-4,13-14H2,1-2H3/b9-7?,10-8?,17-5-,18-11?,19-6+,20-12?. The van der Waals surface area contributed by atoms with Crippen LogP contribution in [0.5, 0.6) is 0 Å². The van der Waals surface area contributed by atoms with Crippen LogP contribution in [0.4, 0.5) is 0 Å². The predicted octanol–water partition coefficient (Wildman–Crippen LogP) is 4.03. The lowest BCUT2D eigenvalue weighted by molar-refractivity contribution is 0.828. The van der Waals surface area contributed by atoms with Crippen molar-refractivity contribution >= 4 is 18.7 Å². The van der Waals surface area contributed by atoms with Crippen LogP contribution < -0.4 is 10.4 Å². The molecule has 0 saturated heterocycles. The van der Waals surface area contributed by atoms with Crippen LogP contribution in [0.25, 0.3) is 18.7 Å². The second kappa shape index (κ2) is 5.04. The van der Waals surface area contributed by atoms with Crippen molar-refractivity contribution in [3.63, 3.8) is 0 Å². The van der Waals surface area contributed by atoms with Gasteiger partial charge in [0.15, 0.2) is 0 Å². The molecule has 0 heterocycles. The summed E-state index contributed by atoms with van der Waals surface area (Å²) < 4.78 is 0. The van der Waals surface area contributed by atoms with Gasteiger partial charge in [-0.15, -0.1) is 0 Å². The highest BCUT2D eigenvalue weighted by molar-refractivity contribution is 5.86. The van der Waals surface area contributed by atoms with Gasteiger partial charge in [-0.25, -0.2) is 0 Å². The van der Waals surface area contributed by atoms with Crippen molar-refractivity contribution in [2.75, 3.05) is 0 Å². The molecule has 0 aromatic heterocycles. The molecule has 2 aliphatic rings. The van der Waals surface area contributed by atoms with Crippen molar-refractivity contribution in [1.29, 1.82) is 0 Å². The van der Waals surface area contributed by atoms with Crippen LogP contribution in [0.15, 0.2) is 54.1 Å². The Hall–Kier alpha value is -2.08. The first-order valence-corrected chi connectivity index (χ1v) is 7.63. The summed E-state index contributed by atoms with van der Waals surface area (Å²) >= 11 is 0. The number of allylic oxidation sites excluding steroid dienone is 4. The minimum Gasteiger partial charge on any atom is -0.0918 e. The van der Waals surface area contributed by atoms with Crippen LogP contribution in [0.2, 0.25) is 0 Å². The third-order valence-corrected chi connectivity index (χ3v) is 4.74. The van der Waals surface area contributed by atoms with Gasteiger partial charge in [-0.05, 0) is 59.4 Å². The molecule has 2 bridgehead atoms. The summed E-state index contributed by atoms with van der Waals surface area (Å²) in [7, 11) is 0. The van der Waals surface area contributed by atoms with Crippen LogP contribution in [-0.2, 0) is 5.41 Å². The van der Waals surface area contributed by atoms with Gasteiger partial charge in [0, 0.05) is 5.41 Å². The molecule has 1 fully saturated rings. The van der Waals surface area contributed by atoms with Crippen molar-refractivity contribution in [2.24, 2.45) is 0 Å². The summed E-state index contributed by atoms with van der Waals surface area (Å²) in [5, 5.41) is 2.19. The lowest BCUT2D eigenvalue weighted by atomic mass is 9.75. The van der Waals surface area contributed by atoms with Gasteiger partial charge in [0.1, 0.15) is 0 Å². The highest BCUT2D eigenvalue weighted by Gasteiger charge is 2.50. The quantitative estimate of drug-likeness (QED) is 0.670. The zero-order valence-corrected chi connectivity index (χ0v) is 12.9. The summed E-state index contributed by atoms with van der Waals surface area (Å²) in [6.07, 6.45) is 6.97. The minimum atomic E-state index is 0.208. The van der Waals surface area contributed by atoms with E-state index in [0.717, 1.165) is 5.22 Å². The van der Waals surface area contributed by atoms with E-state index in [4.69, 9.17) is 0 Å². The summed E-state index contributed by atoms with van der Waals surface area (Å²) in [6.45, 7) is 12.7. The second-order valence-corrected chi connectivity index (χ2v) is 5.92. The molecule has 0 heteroatoms. The Morgan fingerprint density at radius 1 is 0.952 bits per heavy atom.